The van der Waals surface area contributed by atoms with E-state index in [1.807, 2.05) is 36.3 Å². The average molecular weight is 364 g/mol. The molecule has 128 valence electrons. The van der Waals surface area contributed by atoms with E-state index in [1.54, 1.807) is 0 Å². The topological polar surface area (TPSA) is 59.5 Å². The van der Waals surface area contributed by atoms with Crippen molar-refractivity contribution in [3.8, 4) is 5.88 Å². The molecule has 0 saturated carbocycles. The van der Waals surface area contributed by atoms with Crippen molar-refractivity contribution in [3.05, 3.63) is 45.6 Å². The molecule has 0 bridgehead atoms. The molecule has 0 saturated heterocycles. The number of nitrogens with zero attached hydrogens (tertiary/aromatic N) is 3. The highest BCUT2D eigenvalue weighted by Crippen LogP contribution is 2.30. The van der Waals surface area contributed by atoms with Gasteiger partial charge in [0.15, 0.2) is 0 Å². The van der Waals surface area contributed by atoms with Gasteiger partial charge in [-0.1, -0.05) is 31.3 Å². The number of aromatic nitrogens is 3. The van der Waals surface area contributed by atoms with Crippen LogP contribution in [0.1, 0.15) is 26.7 Å². The Balaban J connectivity index is 1.55. The second kappa shape index (κ2) is 7.03. The SMILES string of the molecule is CC(C)(CCSc1cccc2nccn12)CCn1c(O)csc1=O. The fourth-order valence-corrected chi connectivity index (χ4v) is 4.52. The van der Waals surface area contributed by atoms with Crippen LogP contribution < -0.4 is 4.87 Å². The van der Waals surface area contributed by atoms with Crippen LogP contribution in [0.5, 0.6) is 5.88 Å². The third-order valence-corrected chi connectivity index (χ3v) is 5.98. The van der Waals surface area contributed by atoms with E-state index in [4.69, 9.17) is 0 Å². The van der Waals surface area contributed by atoms with Gasteiger partial charge in [-0.05, 0) is 36.1 Å². The lowest BCUT2D eigenvalue weighted by Crippen LogP contribution is -2.20. The molecule has 3 heterocycles. The van der Waals surface area contributed by atoms with Crippen LogP contribution in [-0.4, -0.2) is 24.8 Å². The molecule has 7 heteroatoms. The normalized spacial score (nSPS) is 12.1. The molecule has 0 aromatic carbocycles. The summed E-state index contributed by atoms with van der Waals surface area (Å²) in [6.07, 6.45) is 5.68. The first-order valence-corrected chi connectivity index (χ1v) is 9.75. The number of fused-ring (bicyclic) bond motifs is 1. The summed E-state index contributed by atoms with van der Waals surface area (Å²) in [6.45, 7) is 4.97. The minimum absolute atomic E-state index is 0.0713. The number of imidazole rings is 1. The van der Waals surface area contributed by atoms with Gasteiger partial charge in [0.1, 0.15) is 5.65 Å². The van der Waals surface area contributed by atoms with Gasteiger partial charge in [0.05, 0.1) is 10.4 Å². The summed E-state index contributed by atoms with van der Waals surface area (Å²) in [7, 11) is 0. The largest absolute Gasteiger partial charge is 0.494 e. The second-order valence-corrected chi connectivity index (χ2v) is 8.48. The van der Waals surface area contributed by atoms with Crippen molar-refractivity contribution in [2.75, 3.05) is 5.75 Å². The van der Waals surface area contributed by atoms with Crippen LogP contribution in [-0.2, 0) is 6.54 Å². The first-order chi connectivity index (χ1) is 11.5. The van der Waals surface area contributed by atoms with Crippen LogP contribution in [0.2, 0.25) is 0 Å². The second-order valence-electron chi connectivity index (χ2n) is 6.54. The van der Waals surface area contributed by atoms with E-state index in [9.17, 15) is 9.90 Å². The molecule has 0 spiro atoms. The Morgan fingerprint density at radius 1 is 1.33 bits per heavy atom. The summed E-state index contributed by atoms with van der Waals surface area (Å²) in [4.78, 5) is 15.9. The third kappa shape index (κ3) is 3.84. The Hall–Kier alpha value is -1.73. The van der Waals surface area contributed by atoms with E-state index >= 15 is 0 Å². The quantitative estimate of drug-likeness (QED) is 0.648. The van der Waals surface area contributed by atoms with Crippen molar-refractivity contribution in [1.82, 2.24) is 14.0 Å². The summed E-state index contributed by atoms with van der Waals surface area (Å²) >= 11 is 2.86. The van der Waals surface area contributed by atoms with E-state index in [-0.39, 0.29) is 16.2 Å². The van der Waals surface area contributed by atoms with Gasteiger partial charge in [-0.2, -0.15) is 0 Å². The van der Waals surface area contributed by atoms with Gasteiger partial charge in [-0.3, -0.25) is 13.8 Å². The van der Waals surface area contributed by atoms with E-state index in [2.05, 4.69) is 29.3 Å². The van der Waals surface area contributed by atoms with Crippen molar-refractivity contribution >= 4 is 28.7 Å². The Morgan fingerprint density at radius 2 is 2.17 bits per heavy atom. The van der Waals surface area contributed by atoms with Crippen molar-refractivity contribution in [2.24, 2.45) is 5.41 Å². The zero-order chi connectivity index (χ0) is 17.2. The maximum absolute atomic E-state index is 11.7. The maximum atomic E-state index is 11.7. The Kier molecular flexibility index (Phi) is 5.01. The zero-order valence-electron chi connectivity index (χ0n) is 13.8. The highest BCUT2D eigenvalue weighted by molar-refractivity contribution is 7.99. The number of rotatable bonds is 7. The first kappa shape index (κ1) is 17.1. The van der Waals surface area contributed by atoms with Gasteiger partial charge in [0.2, 0.25) is 5.88 Å². The zero-order valence-corrected chi connectivity index (χ0v) is 15.4. The lowest BCUT2D eigenvalue weighted by Gasteiger charge is -2.24. The highest BCUT2D eigenvalue weighted by Gasteiger charge is 2.19. The molecule has 0 aliphatic heterocycles. The van der Waals surface area contributed by atoms with Crippen LogP contribution in [0, 0.1) is 5.41 Å². The van der Waals surface area contributed by atoms with Crippen LogP contribution in [0.3, 0.4) is 0 Å². The van der Waals surface area contributed by atoms with Crippen molar-refractivity contribution in [1.29, 1.82) is 0 Å². The summed E-state index contributed by atoms with van der Waals surface area (Å²) in [6, 6.07) is 6.13. The minimum atomic E-state index is -0.0931. The summed E-state index contributed by atoms with van der Waals surface area (Å²) < 4.78 is 3.55. The van der Waals surface area contributed by atoms with Crippen molar-refractivity contribution in [2.45, 2.75) is 38.3 Å². The Labute approximate surface area is 149 Å². The molecule has 5 nitrogen and oxygen atoms in total. The van der Waals surface area contributed by atoms with Gasteiger partial charge < -0.3 is 5.11 Å². The number of hydrogen-bond donors (Lipinski definition) is 1. The van der Waals surface area contributed by atoms with Crippen LogP contribution >= 0.6 is 23.1 Å². The molecule has 3 aromatic rings. The molecule has 0 amide bonds. The van der Waals surface area contributed by atoms with Gasteiger partial charge in [-0.25, -0.2) is 4.98 Å². The predicted octanol–water partition coefficient (Wildman–Crippen LogP) is 3.86. The monoisotopic (exact) mass is 363 g/mol. The molecule has 3 rings (SSSR count). The number of pyridine rings is 1. The van der Waals surface area contributed by atoms with Crippen molar-refractivity contribution in [3.63, 3.8) is 0 Å². The summed E-state index contributed by atoms with van der Waals surface area (Å²) in [5.74, 6) is 1.07. The summed E-state index contributed by atoms with van der Waals surface area (Å²) in [5.41, 5.74) is 1.07. The molecule has 1 N–H and O–H groups in total. The minimum Gasteiger partial charge on any atom is -0.494 e. The molecule has 0 aliphatic rings. The molecule has 0 fully saturated rings. The number of thioether (sulfide) groups is 1. The Bertz CT molecular complexity index is 879. The molecular weight excluding hydrogens is 342 g/mol. The molecular formula is C17H21N3O2S2. The maximum Gasteiger partial charge on any atom is 0.309 e. The number of aromatic hydroxyl groups is 1. The van der Waals surface area contributed by atoms with E-state index in [0.717, 1.165) is 35.6 Å². The molecule has 0 atom stereocenters. The highest BCUT2D eigenvalue weighted by atomic mass is 32.2. The number of thiazole rings is 1. The van der Waals surface area contributed by atoms with E-state index < -0.39 is 0 Å². The van der Waals surface area contributed by atoms with Gasteiger partial charge in [0.25, 0.3) is 0 Å². The van der Waals surface area contributed by atoms with E-state index in [1.165, 1.54) is 15.0 Å². The van der Waals surface area contributed by atoms with Gasteiger partial charge in [-0.15, -0.1) is 11.8 Å². The average Bonchev–Trinajstić information content (AvgIpc) is 3.13. The van der Waals surface area contributed by atoms with Gasteiger partial charge in [0, 0.05) is 18.9 Å². The van der Waals surface area contributed by atoms with Gasteiger partial charge >= 0.3 is 4.87 Å². The molecule has 3 aromatic heterocycles. The first-order valence-electron chi connectivity index (χ1n) is 7.88. The smallest absolute Gasteiger partial charge is 0.309 e. The molecule has 24 heavy (non-hydrogen) atoms. The van der Waals surface area contributed by atoms with Crippen molar-refractivity contribution < 1.29 is 5.11 Å². The molecule has 0 unspecified atom stereocenters. The van der Waals surface area contributed by atoms with Crippen LogP contribution in [0.4, 0.5) is 0 Å². The number of hydrogen-bond acceptors (Lipinski definition) is 5. The summed E-state index contributed by atoms with van der Waals surface area (Å²) in [5, 5.41) is 12.4. The predicted molar refractivity (Wildman–Crippen MR) is 99.2 cm³/mol. The Morgan fingerprint density at radius 3 is 2.92 bits per heavy atom. The van der Waals surface area contributed by atoms with E-state index in [0.29, 0.717) is 6.54 Å². The van der Waals surface area contributed by atoms with Crippen LogP contribution in [0.25, 0.3) is 5.65 Å². The van der Waals surface area contributed by atoms with Crippen LogP contribution in [0.15, 0.2) is 45.8 Å². The lowest BCUT2D eigenvalue weighted by atomic mass is 9.86. The standard InChI is InChI=1S/C17H21N3O2S2/c1-17(2,6-9-20-14(21)12-24-16(20)22)7-11-23-15-5-3-4-13-18-8-10-19(13)15/h3-5,8,10,12,21H,6-7,9,11H2,1-2H3. The molecule has 0 radical (unpaired) electrons. The fraction of sp³-hybridized carbons (Fsp3) is 0.412. The third-order valence-electron chi connectivity index (χ3n) is 4.19. The lowest BCUT2D eigenvalue weighted by molar-refractivity contribution is 0.293. The molecule has 0 aliphatic carbocycles. The fourth-order valence-electron chi connectivity index (χ4n) is 2.54.